The van der Waals surface area contributed by atoms with Crippen molar-refractivity contribution in [3.63, 3.8) is 0 Å². The molecular weight excluding hydrogens is 326 g/mol. The summed E-state index contributed by atoms with van der Waals surface area (Å²) in [6.07, 6.45) is 0. The predicted molar refractivity (Wildman–Crippen MR) is 92.7 cm³/mol. The number of nitrogens with zero attached hydrogens (tertiary/aromatic N) is 1. The predicted octanol–water partition coefficient (Wildman–Crippen LogP) is 3.84. The Bertz CT molecular complexity index is 1000. The number of carbonyl (C=O) groups excluding carboxylic acids is 1. The molecule has 2 aromatic heterocycles. The standard InChI is InChI=1S/C18H17NO4S/c1-9-5-14-13(7-16(20)23-15(14)6-10(9)2)8-22-18(21)17-11(3)19-12(4)24-17/h5-7H,8H2,1-4H3. The van der Waals surface area contributed by atoms with Crippen molar-refractivity contribution in [2.24, 2.45) is 0 Å². The van der Waals surface area contributed by atoms with Gasteiger partial charge in [0.2, 0.25) is 0 Å². The summed E-state index contributed by atoms with van der Waals surface area (Å²) in [7, 11) is 0. The van der Waals surface area contributed by atoms with Crippen LogP contribution in [0, 0.1) is 27.7 Å². The molecule has 0 unspecified atom stereocenters. The van der Waals surface area contributed by atoms with Crippen LogP contribution in [0.2, 0.25) is 0 Å². The molecule has 0 aliphatic carbocycles. The van der Waals surface area contributed by atoms with Crippen molar-refractivity contribution in [3.8, 4) is 0 Å². The minimum absolute atomic E-state index is 0.0137. The zero-order valence-corrected chi connectivity index (χ0v) is 14.7. The van der Waals surface area contributed by atoms with Crippen molar-refractivity contribution in [1.29, 1.82) is 0 Å². The molecule has 5 nitrogen and oxygen atoms in total. The number of ether oxygens (including phenoxy) is 1. The van der Waals surface area contributed by atoms with Crippen LogP contribution in [0.25, 0.3) is 11.0 Å². The van der Waals surface area contributed by atoms with Gasteiger partial charge in [-0.2, -0.15) is 0 Å². The quantitative estimate of drug-likeness (QED) is 0.534. The molecule has 1 aromatic carbocycles. The number of hydrogen-bond donors (Lipinski definition) is 0. The van der Waals surface area contributed by atoms with Gasteiger partial charge in [-0.1, -0.05) is 0 Å². The summed E-state index contributed by atoms with van der Waals surface area (Å²) in [6, 6.07) is 5.14. The fourth-order valence-corrected chi connectivity index (χ4v) is 3.35. The van der Waals surface area contributed by atoms with E-state index in [-0.39, 0.29) is 6.61 Å². The van der Waals surface area contributed by atoms with Gasteiger partial charge in [-0.25, -0.2) is 14.6 Å². The molecule has 0 amide bonds. The Morgan fingerprint density at radius 2 is 1.88 bits per heavy atom. The number of fused-ring (bicyclic) bond motifs is 1. The highest BCUT2D eigenvalue weighted by Crippen LogP contribution is 2.23. The first-order valence-electron chi connectivity index (χ1n) is 7.50. The fourth-order valence-electron chi connectivity index (χ4n) is 2.53. The molecule has 24 heavy (non-hydrogen) atoms. The number of carbonyl (C=O) groups is 1. The van der Waals surface area contributed by atoms with E-state index in [0.717, 1.165) is 21.5 Å². The van der Waals surface area contributed by atoms with Crippen LogP contribution >= 0.6 is 11.3 Å². The Labute approximate surface area is 142 Å². The van der Waals surface area contributed by atoms with Gasteiger partial charge in [0.05, 0.1) is 10.7 Å². The van der Waals surface area contributed by atoms with Gasteiger partial charge < -0.3 is 9.15 Å². The van der Waals surface area contributed by atoms with Crippen LogP contribution in [-0.4, -0.2) is 11.0 Å². The lowest BCUT2D eigenvalue weighted by Crippen LogP contribution is -2.08. The Morgan fingerprint density at radius 3 is 2.54 bits per heavy atom. The van der Waals surface area contributed by atoms with Gasteiger partial charge >= 0.3 is 11.6 Å². The molecule has 0 spiro atoms. The van der Waals surface area contributed by atoms with Crippen LogP contribution in [0.4, 0.5) is 0 Å². The summed E-state index contributed by atoms with van der Waals surface area (Å²) in [4.78, 5) is 28.7. The molecular formula is C18H17NO4S. The van der Waals surface area contributed by atoms with Crippen LogP contribution in [0.1, 0.15) is 37.1 Å². The van der Waals surface area contributed by atoms with E-state index in [1.807, 2.05) is 32.9 Å². The lowest BCUT2D eigenvalue weighted by Gasteiger charge is -2.09. The molecule has 0 aliphatic rings. The second kappa shape index (κ2) is 6.20. The highest BCUT2D eigenvalue weighted by Gasteiger charge is 2.16. The first kappa shape index (κ1) is 16.4. The number of rotatable bonds is 3. The fraction of sp³-hybridized carbons (Fsp3) is 0.278. The van der Waals surface area contributed by atoms with E-state index in [2.05, 4.69) is 4.98 Å². The lowest BCUT2D eigenvalue weighted by atomic mass is 10.0. The van der Waals surface area contributed by atoms with E-state index in [4.69, 9.17) is 9.15 Å². The number of thiazole rings is 1. The highest BCUT2D eigenvalue weighted by molar-refractivity contribution is 7.13. The van der Waals surface area contributed by atoms with Crippen molar-refractivity contribution >= 4 is 28.3 Å². The average molecular weight is 343 g/mol. The van der Waals surface area contributed by atoms with Crippen LogP contribution in [0.5, 0.6) is 0 Å². The van der Waals surface area contributed by atoms with E-state index in [1.165, 1.54) is 17.4 Å². The molecule has 0 radical (unpaired) electrons. The maximum absolute atomic E-state index is 12.2. The first-order valence-corrected chi connectivity index (χ1v) is 8.32. The third kappa shape index (κ3) is 3.10. The molecule has 0 fully saturated rings. The second-order valence-electron chi connectivity index (χ2n) is 5.75. The zero-order valence-electron chi connectivity index (χ0n) is 13.9. The van der Waals surface area contributed by atoms with Crippen molar-refractivity contribution < 1.29 is 13.9 Å². The SMILES string of the molecule is Cc1nc(C)c(C(=O)OCc2cc(=O)oc3cc(C)c(C)cc23)s1. The zero-order chi connectivity index (χ0) is 17.4. The van der Waals surface area contributed by atoms with E-state index >= 15 is 0 Å². The molecule has 0 saturated heterocycles. The molecule has 124 valence electrons. The summed E-state index contributed by atoms with van der Waals surface area (Å²) in [5, 5.41) is 1.60. The lowest BCUT2D eigenvalue weighted by molar-refractivity contribution is 0.0478. The van der Waals surface area contributed by atoms with E-state index in [9.17, 15) is 9.59 Å². The van der Waals surface area contributed by atoms with Gasteiger partial charge in [0.25, 0.3) is 0 Å². The van der Waals surface area contributed by atoms with Gasteiger partial charge in [-0.15, -0.1) is 11.3 Å². The van der Waals surface area contributed by atoms with Gasteiger partial charge in [-0.05, 0) is 51.0 Å². The van der Waals surface area contributed by atoms with E-state index in [0.29, 0.717) is 21.7 Å². The number of aryl methyl sites for hydroxylation is 4. The van der Waals surface area contributed by atoms with Gasteiger partial charge in [0.1, 0.15) is 17.1 Å². The molecule has 6 heteroatoms. The summed E-state index contributed by atoms with van der Waals surface area (Å²) in [5.41, 5.74) is 3.46. The minimum atomic E-state index is -0.457. The number of hydrogen-bond acceptors (Lipinski definition) is 6. The smallest absolute Gasteiger partial charge is 0.350 e. The second-order valence-corrected chi connectivity index (χ2v) is 6.95. The van der Waals surface area contributed by atoms with Crippen LogP contribution in [0.15, 0.2) is 27.4 Å². The molecule has 0 saturated carbocycles. The number of aromatic nitrogens is 1. The van der Waals surface area contributed by atoms with Crippen molar-refractivity contribution in [1.82, 2.24) is 4.98 Å². The summed E-state index contributed by atoms with van der Waals surface area (Å²) in [5.74, 6) is -0.427. The third-order valence-corrected chi connectivity index (χ3v) is 4.95. The molecule has 2 heterocycles. The van der Waals surface area contributed by atoms with Crippen molar-refractivity contribution in [2.75, 3.05) is 0 Å². The summed E-state index contributed by atoms with van der Waals surface area (Å²) < 4.78 is 10.6. The first-order chi connectivity index (χ1) is 11.3. The Balaban J connectivity index is 1.92. The average Bonchev–Trinajstić information content (AvgIpc) is 2.85. The van der Waals surface area contributed by atoms with Crippen LogP contribution in [0.3, 0.4) is 0 Å². The summed E-state index contributed by atoms with van der Waals surface area (Å²) in [6.45, 7) is 7.57. The van der Waals surface area contributed by atoms with Crippen LogP contribution < -0.4 is 5.63 Å². The Hall–Kier alpha value is -2.47. The van der Waals surface area contributed by atoms with E-state index in [1.54, 1.807) is 6.92 Å². The maximum Gasteiger partial charge on any atom is 0.350 e. The molecule has 0 bridgehead atoms. The van der Waals surface area contributed by atoms with Gasteiger partial charge in [0, 0.05) is 17.0 Å². The number of esters is 1. The largest absolute Gasteiger partial charge is 0.457 e. The molecule has 0 aliphatic heterocycles. The van der Waals surface area contributed by atoms with Gasteiger partial charge in [0.15, 0.2) is 0 Å². The van der Waals surface area contributed by atoms with Crippen molar-refractivity contribution in [3.05, 3.63) is 60.9 Å². The number of benzene rings is 1. The third-order valence-electron chi connectivity index (χ3n) is 3.89. The van der Waals surface area contributed by atoms with Crippen LogP contribution in [-0.2, 0) is 11.3 Å². The van der Waals surface area contributed by atoms with Gasteiger partial charge in [-0.3, -0.25) is 0 Å². The topological polar surface area (TPSA) is 69.4 Å². The normalized spacial score (nSPS) is 11.0. The summed E-state index contributed by atoms with van der Waals surface area (Å²) >= 11 is 1.30. The monoisotopic (exact) mass is 343 g/mol. The van der Waals surface area contributed by atoms with Crippen molar-refractivity contribution in [2.45, 2.75) is 34.3 Å². The highest BCUT2D eigenvalue weighted by atomic mass is 32.1. The molecule has 0 atom stereocenters. The van der Waals surface area contributed by atoms with E-state index < -0.39 is 11.6 Å². The maximum atomic E-state index is 12.2. The minimum Gasteiger partial charge on any atom is -0.457 e. The Kier molecular flexibility index (Phi) is 4.24. The molecule has 3 rings (SSSR count). The molecule has 3 aromatic rings. The Morgan fingerprint density at radius 1 is 1.17 bits per heavy atom. The molecule has 0 N–H and O–H groups in total.